The molecular weight excluding hydrogens is 354 g/mol. The van der Waals surface area contributed by atoms with Crippen molar-refractivity contribution in [2.75, 3.05) is 38.1 Å². The minimum atomic E-state index is -3.35. The van der Waals surface area contributed by atoms with E-state index < -0.39 is 10.2 Å². The summed E-state index contributed by atoms with van der Waals surface area (Å²) in [6.07, 6.45) is 4.21. The molecular formula is C16H23N7O2S. The van der Waals surface area contributed by atoms with Gasteiger partial charge in [0, 0.05) is 39.1 Å². The SMILES string of the molecule is CN(C1CN(c2ccc3nnc(C4CC4)n3n2)C1)S(=O)(=O)N1CCCC1. The molecule has 0 spiro atoms. The Morgan fingerprint density at radius 3 is 2.54 bits per heavy atom. The lowest BCUT2D eigenvalue weighted by molar-refractivity contribution is 0.287. The number of fused-ring (bicyclic) bond motifs is 1. The van der Waals surface area contributed by atoms with Gasteiger partial charge in [0.1, 0.15) is 5.82 Å². The normalized spacial score (nSPS) is 22.5. The fourth-order valence-electron chi connectivity index (χ4n) is 3.72. The van der Waals surface area contributed by atoms with Crippen molar-refractivity contribution in [2.45, 2.75) is 37.6 Å². The summed E-state index contributed by atoms with van der Waals surface area (Å²) in [6, 6.07) is 3.85. The van der Waals surface area contributed by atoms with Crippen molar-refractivity contribution in [3.8, 4) is 0 Å². The maximum atomic E-state index is 12.7. The maximum absolute atomic E-state index is 12.7. The predicted molar refractivity (Wildman–Crippen MR) is 96.2 cm³/mol. The third-order valence-corrected chi connectivity index (χ3v) is 7.71. The third-order valence-electron chi connectivity index (χ3n) is 5.67. The van der Waals surface area contributed by atoms with Crippen LogP contribution >= 0.6 is 0 Å². The summed E-state index contributed by atoms with van der Waals surface area (Å²) in [5.74, 6) is 2.27. The highest BCUT2D eigenvalue weighted by Crippen LogP contribution is 2.39. The Bertz CT molecular complexity index is 927. The van der Waals surface area contributed by atoms with Gasteiger partial charge in [-0.2, -0.15) is 21.5 Å². The van der Waals surface area contributed by atoms with E-state index in [2.05, 4.69) is 15.1 Å². The van der Waals surface area contributed by atoms with Crippen molar-refractivity contribution in [2.24, 2.45) is 0 Å². The van der Waals surface area contributed by atoms with Crippen LogP contribution in [0.3, 0.4) is 0 Å². The van der Waals surface area contributed by atoms with Crippen LogP contribution < -0.4 is 4.90 Å². The molecule has 1 aliphatic carbocycles. The molecule has 0 N–H and O–H groups in total. The van der Waals surface area contributed by atoms with Crippen molar-refractivity contribution >= 4 is 21.7 Å². The Morgan fingerprint density at radius 2 is 1.85 bits per heavy atom. The number of hydrogen-bond acceptors (Lipinski definition) is 6. The quantitative estimate of drug-likeness (QED) is 0.753. The van der Waals surface area contributed by atoms with Crippen molar-refractivity contribution in [1.29, 1.82) is 0 Å². The molecule has 10 heteroatoms. The minimum Gasteiger partial charge on any atom is -0.352 e. The van der Waals surface area contributed by atoms with E-state index in [9.17, 15) is 8.42 Å². The lowest BCUT2D eigenvalue weighted by atomic mass is 10.1. The monoisotopic (exact) mass is 377 g/mol. The Morgan fingerprint density at radius 1 is 1.12 bits per heavy atom. The third kappa shape index (κ3) is 2.58. The summed E-state index contributed by atoms with van der Waals surface area (Å²) in [7, 11) is -1.65. The largest absolute Gasteiger partial charge is 0.352 e. The first-order valence-corrected chi connectivity index (χ1v) is 10.6. The first-order chi connectivity index (χ1) is 12.5. The van der Waals surface area contributed by atoms with Crippen LogP contribution in [0.2, 0.25) is 0 Å². The molecule has 26 heavy (non-hydrogen) atoms. The van der Waals surface area contributed by atoms with Gasteiger partial charge in [-0.05, 0) is 37.8 Å². The summed E-state index contributed by atoms with van der Waals surface area (Å²) in [5.41, 5.74) is 0.765. The average Bonchev–Trinajstić information content (AvgIpc) is 3.11. The minimum absolute atomic E-state index is 0.0121. The van der Waals surface area contributed by atoms with E-state index in [0.29, 0.717) is 32.1 Å². The molecule has 2 aromatic heterocycles. The molecule has 9 nitrogen and oxygen atoms in total. The number of likely N-dealkylation sites (N-methyl/N-ethyl adjacent to an activating group) is 1. The van der Waals surface area contributed by atoms with Crippen molar-refractivity contribution in [1.82, 2.24) is 28.4 Å². The molecule has 140 valence electrons. The second-order valence-electron chi connectivity index (χ2n) is 7.48. The van der Waals surface area contributed by atoms with Gasteiger partial charge in [0.25, 0.3) is 10.2 Å². The molecule has 0 bridgehead atoms. The van der Waals surface area contributed by atoms with E-state index in [1.54, 1.807) is 11.4 Å². The van der Waals surface area contributed by atoms with E-state index in [1.807, 2.05) is 16.6 Å². The smallest absolute Gasteiger partial charge is 0.282 e. The summed E-state index contributed by atoms with van der Waals surface area (Å²) >= 11 is 0. The fraction of sp³-hybridized carbons (Fsp3) is 0.688. The molecule has 0 amide bonds. The van der Waals surface area contributed by atoms with E-state index >= 15 is 0 Å². The number of aromatic nitrogens is 4. The number of nitrogens with zero attached hydrogens (tertiary/aromatic N) is 7. The highest BCUT2D eigenvalue weighted by molar-refractivity contribution is 7.86. The van der Waals surface area contributed by atoms with E-state index in [1.165, 1.54) is 4.31 Å². The van der Waals surface area contributed by atoms with Crippen LogP contribution in [0.4, 0.5) is 5.82 Å². The Balaban J connectivity index is 1.30. The second-order valence-corrected chi connectivity index (χ2v) is 9.47. The topological polar surface area (TPSA) is 86.9 Å². The molecule has 3 fully saturated rings. The zero-order valence-electron chi connectivity index (χ0n) is 14.8. The van der Waals surface area contributed by atoms with Crippen LogP contribution in [0, 0.1) is 0 Å². The molecule has 0 unspecified atom stereocenters. The van der Waals surface area contributed by atoms with E-state index in [4.69, 9.17) is 5.10 Å². The summed E-state index contributed by atoms with van der Waals surface area (Å²) < 4.78 is 30.3. The summed E-state index contributed by atoms with van der Waals surface area (Å²) in [4.78, 5) is 2.11. The first kappa shape index (κ1) is 16.4. The van der Waals surface area contributed by atoms with Crippen molar-refractivity contribution in [3.05, 3.63) is 18.0 Å². The highest BCUT2D eigenvalue weighted by atomic mass is 32.2. The molecule has 0 radical (unpaired) electrons. The van der Waals surface area contributed by atoms with Gasteiger partial charge in [0.15, 0.2) is 11.5 Å². The van der Waals surface area contributed by atoms with Crippen LogP contribution in [-0.2, 0) is 10.2 Å². The van der Waals surface area contributed by atoms with Gasteiger partial charge in [-0.15, -0.1) is 15.3 Å². The van der Waals surface area contributed by atoms with Gasteiger partial charge in [-0.3, -0.25) is 0 Å². The number of anilines is 1. The molecule has 0 atom stereocenters. The molecule has 1 saturated carbocycles. The summed E-state index contributed by atoms with van der Waals surface area (Å²) in [5, 5.41) is 13.1. The molecule has 2 saturated heterocycles. The molecule has 5 rings (SSSR count). The van der Waals surface area contributed by atoms with Gasteiger partial charge < -0.3 is 4.90 Å². The van der Waals surface area contributed by atoms with Crippen LogP contribution in [0.5, 0.6) is 0 Å². The molecule has 2 aliphatic heterocycles. The van der Waals surface area contributed by atoms with Crippen LogP contribution in [0.25, 0.3) is 5.65 Å². The lowest BCUT2D eigenvalue weighted by Gasteiger charge is -2.44. The molecule has 4 heterocycles. The predicted octanol–water partition coefficient (Wildman–Crippen LogP) is 0.463. The Labute approximate surface area is 152 Å². The van der Waals surface area contributed by atoms with Crippen LogP contribution in [0.1, 0.15) is 37.4 Å². The lowest BCUT2D eigenvalue weighted by Crippen LogP contribution is -2.61. The standard InChI is InChI=1S/C16H23N7O2S/c1-20(26(24,25)22-8-2-3-9-22)13-10-21(11-13)15-7-6-14-17-18-16(12-4-5-12)23(14)19-15/h6-7,12-13H,2-5,8-11H2,1H3. The van der Waals surface area contributed by atoms with E-state index in [0.717, 1.165) is 43.0 Å². The summed E-state index contributed by atoms with van der Waals surface area (Å²) in [6.45, 7) is 2.59. The fourth-order valence-corrected chi connectivity index (χ4v) is 5.32. The molecule has 0 aromatic carbocycles. The Kier molecular flexibility index (Phi) is 3.70. The van der Waals surface area contributed by atoms with Crippen molar-refractivity contribution < 1.29 is 8.42 Å². The van der Waals surface area contributed by atoms with Gasteiger partial charge >= 0.3 is 0 Å². The van der Waals surface area contributed by atoms with Gasteiger partial charge in [0.2, 0.25) is 0 Å². The molecule has 2 aromatic rings. The first-order valence-electron chi connectivity index (χ1n) is 9.24. The van der Waals surface area contributed by atoms with Gasteiger partial charge in [-0.25, -0.2) is 0 Å². The van der Waals surface area contributed by atoms with Crippen molar-refractivity contribution in [3.63, 3.8) is 0 Å². The van der Waals surface area contributed by atoms with Gasteiger partial charge in [-0.1, -0.05) is 0 Å². The number of rotatable bonds is 5. The zero-order valence-corrected chi connectivity index (χ0v) is 15.6. The zero-order chi connectivity index (χ0) is 17.9. The van der Waals surface area contributed by atoms with E-state index in [-0.39, 0.29) is 6.04 Å². The number of hydrogen-bond donors (Lipinski definition) is 0. The highest BCUT2D eigenvalue weighted by Gasteiger charge is 2.40. The van der Waals surface area contributed by atoms with Gasteiger partial charge in [0.05, 0.1) is 6.04 Å². The van der Waals surface area contributed by atoms with Crippen LogP contribution in [0.15, 0.2) is 12.1 Å². The van der Waals surface area contributed by atoms with Crippen LogP contribution in [-0.4, -0.2) is 76.1 Å². The second kappa shape index (κ2) is 5.86. The molecule has 3 aliphatic rings. The maximum Gasteiger partial charge on any atom is 0.282 e. The Hall–Kier alpha value is -1.78. The average molecular weight is 377 g/mol.